The van der Waals surface area contributed by atoms with Crippen LogP contribution in [0.25, 0.3) is 0 Å². The zero-order valence-corrected chi connectivity index (χ0v) is 16.2. The zero-order chi connectivity index (χ0) is 18.7. The number of urea groups is 1. The Labute approximate surface area is 155 Å². The van der Waals surface area contributed by atoms with Gasteiger partial charge in [-0.1, -0.05) is 12.1 Å². The van der Waals surface area contributed by atoms with Crippen molar-refractivity contribution in [3.8, 4) is 5.75 Å². The maximum absolute atomic E-state index is 12.4. The number of amides is 2. The first-order valence-corrected chi connectivity index (χ1v) is 10.9. The van der Waals surface area contributed by atoms with Crippen LogP contribution in [-0.4, -0.2) is 69.2 Å². The normalized spacial score (nSPS) is 22.5. The molecule has 1 aromatic rings. The van der Waals surface area contributed by atoms with Crippen molar-refractivity contribution in [3.63, 3.8) is 0 Å². The molecule has 0 bridgehead atoms. The number of hydrogen-bond donors (Lipinski definition) is 1. The van der Waals surface area contributed by atoms with Crippen LogP contribution in [0.3, 0.4) is 0 Å². The number of para-hydroxylation sites is 2. The summed E-state index contributed by atoms with van der Waals surface area (Å²) in [6.07, 6.45) is 0.611. The van der Waals surface area contributed by atoms with E-state index in [1.54, 1.807) is 4.90 Å². The van der Waals surface area contributed by atoms with E-state index >= 15 is 0 Å². The Morgan fingerprint density at radius 1 is 1.19 bits per heavy atom. The van der Waals surface area contributed by atoms with E-state index < -0.39 is 9.84 Å². The minimum Gasteiger partial charge on any atom is -0.489 e. The van der Waals surface area contributed by atoms with Crippen molar-refractivity contribution in [1.29, 1.82) is 0 Å². The highest BCUT2D eigenvalue weighted by molar-refractivity contribution is 7.91. The van der Waals surface area contributed by atoms with Gasteiger partial charge >= 0.3 is 6.03 Å². The van der Waals surface area contributed by atoms with Gasteiger partial charge in [0.25, 0.3) is 0 Å². The summed E-state index contributed by atoms with van der Waals surface area (Å²) in [7, 11) is -2.99. The Morgan fingerprint density at radius 3 is 2.50 bits per heavy atom. The lowest BCUT2D eigenvalue weighted by Gasteiger charge is -2.37. The van der Waals surface area contributed by atoms with Gasteiger partial charge in [0, 0.05) is 32.2 Å². The third kappa shape index (κ3) is 4.60. The molecule has 3 rings (SSSR count). The molecule has 1 aromatic carbocycles. The predicted octanol–water partition coefficient (Wildman–Crippen LogP) is 1.49. The molecule has 1 atom stereocenters. The second kappa shape index (κ2) is 7.73. The zero-order valence-electron chi connectivity index (χ0n) is 15.3. The number of nitrogens with zero attached hydrogens (tertiary/aromatic N) is 2. The summed E-state index contributed by atoms with van der Waals surface area (Å²) < 4.78 is 28.9. The minimum absolute atomic E-state index is 0.0542. The van der Waals surface area contributed by atoms with Crippen LogP contribution in [0.1, 0.15) is 20.3 Å². The Balaban J connectivity index is 1.55. The maximum atomic E-state index is 12.4. The van der Waals surface area contributed by atoms with Crippen LogP contribution in [0.4, 0.5) is 10.5 Å². The lowest BCUT2D eigenvalue weighted by Crippen LogP contribution is -2.53. The number of ether oxygens (including phenoxy) is 1. The Bertz CT molecular complexity index is 743. The van der Waals surface area contributed by atoms with Crippen molar-refractivity contribution >= 4 is 21.6 Å². The number of hydrogen-bond acceptors (Lipinski definition) is 5. The minimum atomic E-state index is -2.99. The smallest absolute Gasteiger partial charge is 0.317 e. The highest BCUT2D eigenvalue weighted by Gasteiger charge is 2.31. The van der Waals surface area contributed by atoms with Gasteiger partial charge in [-0.3, -0.25) is 0 Å². The molecule has 2 fully saturated rings. The number of piperazine rings is 1. The first kappa shape index (κ1) is 18.8. The second-order valence-corrected chi connectivity index (χ2v) is 9.39. The van der Waals surface area contributed by atoms with Crippen LogP contribution >= 0.6 is 0 Å². The van der Waals surface area contributed by atoms with Gasteiger partial charge in [0.1, 0.15) is 5.75 Å². The van der Waals surface area contributed by atoms with Gasteiger partial charge < -0.3 is 19.9 Å². The third-order valence-corrected chi connectivity index (χ3v) is 6.46. The SMILES string of the molecule is CC(C)Oc1ccccc1N1CCN(C(=O)NC2CCS(=O)(=O)C2)CC1. The van der Waals surface area contributed by atoms with E-state index in [9.17, 15) is 13.2 Å². The molecule has 1 unspecified atom stereocenters. The Morgan fingerprint density at radius 2 is 1.88 bits per heavy atom. The topological polar surface area (TPSA) is 79.0 Å². The van der Waals surface area contributed by atoms with Crippen LogP contribution < -0.4 is 15.0 Å². The number of carbonyl (C=O) groups excluding carboxylic acids is 1. The van der Waals surface area contributed by atoms with E-state index in [0.29, 0.717) is 19.5 Å². The number of benzene rings is 1. The van der Waals surface area contributed by atoms with Gasteiger partial charge in [-0.25, -0.2) is 13.2 Å². The molecule has 2 heterocycles. The molecule has 26 heavy (non-hydrogen) atoms. The summed E-state index contributed by atoms with van der Waals surface area (Å²) in [4.78, 5) is 16.4. The van der Waals surface area contributed by atoms with Gasteiger partial charge in [-0.05, 0) is 32.4 Å². The molecule has 2 aliphatic rings. The molecule has 8 heteroatoms. The number of nitrogens with one attached hydrogen (secondary N) is 1. The first-order valence-electron chi connectivity index (χ1n) is 9.10. The molecule has 0 radical (unpaired) electrons. The molecule has 7 nitrogen and oxygen atoms in total. The average Bonchev–Trinajstić information content (AvgIpc) is 2.93. The molecular weight excluding hydrogens is 354 g/mol. The molecule has 2 saturated heterocycles. The summed E-state index contributed by atoms with van der Waals surface area (Å²) in [5.41, 5.74) is 1.04. The summed E-state index contributed by atoms with van der Waals surface area (Å²) in [6.45, 7) is 6.64. The number of rotatable bonds is 4. The van der Waals surface area contributed by atoms with E-state index in [1.807, 2.05) is 38.1 Å². The molecule has 0 saturated carbocycles. The molecule has 2 aliphatic heterocycles. The van der Waals surface area contributed by atoms with E-state index in [4.69, 9.17) is 4.74 Å². The first-order chi connectivity index (χ1) is 12.3. The number of carbonyl (C=O) groups is 1. The van der Waals surface area contributed by atoms with Crippen LogP contribution in [0.5, 0.6) is 5.75 Å². The van der Waals surface area contributed by atoms with Crippen molar-refractivity contribution in [2.24, 2.45) is 0 Å². The van der Waals surface area contributed by atoms with Gasteiger partial charge in [0.2, 0.25) is 0 Å². The Hall–Kier alpha value is -1.96. The fourth-order valence-corrected chi connectivity index (χ4v) is 5.07. The van der Waals surface area contributed by atoms with Crippen molar-refractivity contribution < 1.29 is 17.9 Å². The lowest BCUT2D eigenvalue weighted by molar-refractivity contribution is 0.191. The summed E-state index contributed by atoms with van der Waals surface area (Å²) in [5, 5.41) is 2.86. The van der Waals surface area contributed by atoms with Gasteiger partial charge in [-0.2, -0.15) is 0 Å². The molecule has 2 amide bonds. The lowest BCUT2D eigenvalue weighted by atomic mass is 10.2. The fraction of sp³-hybridized carbons (Fsp3) is 0.611. The van der Waals surface area contributed by atoms with E-state index in [-0.39, 0.29) is 29.7 Å². The van der Waals surface area contributed by atoms with Gasteiger partial charge in [-0.15, -0.1) is 0 Å². The van der Waals surface area contributed by atoms with Crippen molar-refractivity contribution in [2.75, 3.05) is 42.6 Å². The predicted molar refractivity (Wildman–Crippen MR) is 102 cm³/mol. The van der Waals surface area contributed by atoms with E-state index in [2.05, 4.69) is 10.2 Å². The second-order valence-electron chi connectivity index (χ2n) is 7.16. The summed E-state index contributed by atoms with van der Waals surface area (Å²) >= 11 is 0. The fourth-order valence-electron chi connectivity index (χ4n) is 3.40. The van der Waals surface area contributed by atoms with Crippen LogP contribution in [0, 0.1) is 0 Å². The molecule has 0 aromatic heterocycles. The third-order valence-electron chi connectivity index (χ3n) is 4.70. The van der Waals surface area contributed by atoms with Crippen molar-refractivity contribution in [2.45, 2.75) is 32.4 Å². The Kier molecular flexibility index (Phi) is 5.60. The van der Waals surface area contributed by atoms with Crippen LogP contribution in [-0.2, 0) is 9.84 Å². The molecule has 1 N–H and O–H groups in total. The number of sulfone groups is 1. The van der Waals surface area contributed by atoms with Crippen LogP contribution in [0.2, 0.25) is 0 Å². The maximum Gasteiger partial charge on any atom is 0.317 e. The highest BCUT2D eigenvalue weighted by atomic mass is 32.2. The van der Waals surface area contributed by atoms with Crippen molar-refractivity contribution in [1.82, 2.24) is 10.2 Å². The van der Waals surface area contributed by atoms with E-state index in [1.165, 1.54) is 0 Å². The highest BCUT2D eigenvalue weighted by Crippen LogP contribution is 2.29. The number of anilines is 1. The van der Waals surface area contributed by atoms with Gasteiger partial charge in [0.05, 0.1) is 23.3 Å². The van der Waals surface area contributed by atoms with Crippen molar-refractivity contribution in [3.05, 3.63) is 24.3 Å². The molecule has 0 aliphatic carbocycles. The monoisotopic (exact) mass is 381 g/mol. The molecular formula is C18H27N3O4S. The van der Waals surface area contributed by atoms with Crippen LogP contribution in [0.15, 0.2) is 24.3 Å². The largest absolute Gasteiger partial charge is 0.489 e. The standard InChI is InChI=1S/C18H27N3O4S/c1-14(2)25-17-6-4-3-5-16(17)20-8-10-21(11-9-20)18(22)19-15-7-12-26(23,24)13-15/h3-6,14-15H,7-13H2,1-2H3,(H,19,22). The van der Waals surface area contributed by atoms with Gasteiger partial charge in [0.15, 0.2) is 9.84 Å². The molecule has 144 valence electrons. The summed E-state index contributed by atoms with van der Waals surface area (Å²) in [6, 6.07) is 7.53. The summed E-state index contributed by atoms with van der Waals surface area (Å²) in [5.74, 6) is 1.08. The average molecular weight is 381 g/mol. The van der Waals surface area contributed by atoms with E-state index in [0.717, 1.165) is 24.5 Å². The quantitative estimate of drug-likeness (QED) is 0.855. The molecule has 0 spiro atoms.